The van der Waals surface area contributed by atoms with Crippen LogP contribution in [0.15, 0.2) is 0 Å². The van der Waals surface area contributed by atoms with E-state index in [4.69, 9.17) is 18.5 Å². The number of likely N-dealkylation sites (N-methyl/N-ethyl adjacent to an activating group) is 1. The Bertz CT molecular complexity index is 974. The first-order valence-electron chi connectivity index (χ1n) is 25.3. The summed E-state index contributed by atoms with van der Waals surface area (Å²) in [4.78, 5) is 35.4. The zero-order valence-electron chi connectivity index (χ0n) is 39.8. The van der Waals surface area contributed by atoms with Crippen molar-refractivity contribution in [1.82, 2.24) is 0 Å². The van der Waals surface area contributed by atoms with Gasteiger partial charge < -0.3 is 18.9 Å². The van der Waals surface area contributed by atoms with E-state index in [0.717, 1.165) is 38.5 Å². The third-order valence-electron chi connectivity index (χ3n) is 11.4. The van der Waals surface area contributed by atoms with Gasteiger partial charge in [-0.2, -0.15) is 0 Å². The molecule has 0 radical (unpaired) electrons. The molecule has 0 saturated heterocycles. The predicted molar refractivity (Wildman–Crippen MR) is 248 cm³/mol. The first kappa shape index (κ1) is 58.0. The summed E-state index contributed by atoms with van der Waals surface area (Å²) in [5, 5.41) is 0. The largest absolute Gasteiger partial charge is 0.472 e. The van der Waals surface area contributed by atoms with Gasteiger partial charge in [-0.15, -0.1) is 0 Å². The highest BCUT2D eigenvalue weighted by Gasteiger charge is 2.27. The molecule has 2 unspecified atom stereocenters. The summed E-state index contributed by atoms with van der Waals surface area (Å²) >= 11 is 0. The van der Waals surface area contributed by atoms with Gasteiger partial charge in [0.05, 0.1) is 27.7 Å². The molecule has 59 heavy (non-hydrogen) atoms. The van der Waals surface area contributed by atoms with Crippen LogP contribution in [0.1, 0.15) is 251 Å². The first-order valence-corrected chi connectivity index (χ1v) is 26.8. The average Bonchev–Trinajstić information content (AvgIpc) is 3.19. The Kier molecular flexibility index (Phi) is 41.6. The predicted octanol–water partition coefficient (Wildman–Crippen LogP) is 14.8. The minimum atomic E-state index is -4.37. The number of phosphoric acid groups is 1. The van der Waals surface area contributed by atoms with E-state index in [0.29, 0.717) is 17.4 Å². The topological polar surface area (TPSA) is 108 Å². The number of carbonyl (C=O) groups is 2. The fourth-order valence-electron chi connectivity index (χ4n) is 7.43. The van der Waals surface area contributed by atoms with Crippen LogP contribution in [-0.2, 0) is 32.7 Å². The monoisotopic (exact) mass is 861 g/mol. The first-order chi connectivity index (χ1) is 28.5. The second kappa shape index (κ2) is 42.3. The number of ether oxygens (including phenoxy) is 2. The molecule has 0 aliphatic carbocycles. The zero-order chi connectivity index (χ0) is 43.6. The van der Waals surface area contributed by atoms with Crippen molar-refractivity contribution in [3.05, 3.63) is 0 Å². The second-order valence-electron chi connectivity index (χ2n) is 18.6. The van der Waals surface area contributed by atoms with Crippen molar-refractivity contribution in [2.75, 3.05) is 47.5 Å². The third-order valence-corrected chi connectivity index (χ3v) is 12.4. The molecule has 0 saturated carbocycles. The van der Waals surface area contributed by atoms with Gasteiger partial charge in [0.25, 0.3) is 0 Å². The molecule has 0 rings (SSSR count). The molecule has 0 heterocycles. The standard InChI is InChI=1S/C49H98NO8P/c1-6-8-10-12-14-16-18-20-21-22-23-24-25-26-27-28-29-30-32-34-36-38-40-42-49(52)58-47(46-57-59(53,54)56-44-43-50(3,4)5)45-55-48(51)41-39-37-35-33-31-19-17-15-13-11-9-7-2/h47H,6-46H2,1-5H3/p+1. The third kappa shape index (κ3) is 46.3. The van der Waals surface area contributed by atoms with E-state index in [9.17, 15) is 19.0 Å². The molecule has 352 valence electrons. The molecule has 0 aromatic carbocycles. The Morgan fingerprint density at radius 3 is 1.08 bits per heavy atom. The Morgan fingerprint density at radius 2 is 0.763 bits per heavy atom. The van der Waals surface area contributed by atoms with Crippen LogP contribution in [0.3, 0.4) is 0 Å². The lowest BCUT2D eigenvalue weighted by Gasteiger charge is -2.24. The SMILES string of the molecule is CCCCCCCCCCCCCCCCCCCCCCCCCC(=O)OC(COC(=O)CCCCCCCCCCCCCC)COP(=O)(O)OCC[N+](C)(C)C. The van der Waals surface area contributed by atoms with E-state index in [-0.39, 0.29) is 25.6 Å². The molecule has 1 N–H and O–H groups in total. The maximum Gasteiger partial charge on any atom is 0.472 e. The van der Waals surface area contributed by atoms with Crippen molar-refractivity contribution in [3.63, 3.8) is 0 Å². The highest BCUT2D eigenvalue weighted by molar-refractivity contribution is 7.47. The minimum Gasteiger partial charge on any atom is -0.462 e. The van der Waals surface area contributed by atoms with Crippen molar-refractivity contribution in [2.24, 2.45) is 0 Å². The molecule has 0 fully saturated rings. The number of hydrogen-bond acceptors (Lipinski definition) is 7. The lowest BCUT2D eigenvalue weighted by molar-refractivity contribution is -0.870. The van der Waals surface area contributed by atoms with Crippen molar-refractivity contribution in [1.29, 1.82) is 0 Å². The summed E-state index contributed by atoms with van der Waals surface area (Å²) in [6.07, 6.45) is 44.4. The highest BCUT2D eigenvalue weighted by Crippen LogP contribution is 2.43. The van der Waals surface area contributed by atoms with Crippen molar-refractivity contribution in [2.45, 2.75) is 258 Å². The summed E-state index contributed by atoms with van der Waals surface area (Å²) < 4.78 is 34.4. The van der Waals surface area contributed by atoms with Crippen LogP contribution in [0.4, 0.5) is 0 Å². The summed E-state index contributed by atoms with van der Waals surface area (Å²) in [7, 11) is 1.50. The molecule has 0 aliphatic heterocycles. The lowest BCUT2D eigenvalue weighted by Crippen LogP contribution is -2.37. The maximum absolute atomic E-state index is 12.7. The quantitative estimate of drug-likeness (QED) is 0.0279. The van der Waals surface area contributed by atoms with Gasteiger partial charge in [0.1, 0.15) is 19.8 Å². The van der Waals surface area contributed by atoms with Gasteiger partial charge in [-0.25, -0.2) is 4.57 Å². The number of nitrogens with zero attached hydrogens (tertiary/aromatic N) is 1. The van der Waals surface area contributed by atoms with Gasteiger partial charge in [0.15, 0.2) is 6.10 Å². The van der Waals surface area contributed by atoms with Gasteiger partial charge in [-0.3, -0.25) is 18.6 Å². The number of unbranched alkanes of at least 4 members (excludes halogenated alkanes) is 33. The van der Waals surface area contributed by atoms with Crippen LogP contribution in [0.2, 0.25) is 0 Å². The van der Waals surface area contributed by atoms with Crippen LogP contribution in [-0.4, -0.2) is 74.9 Å². The van der Waals surface area contributed by atoms with Crippen LogP contribution >= 0.6 is 7.82 Å². The van der Waals surface area contributed by atoms with E-state index in [1.807, 2.05) is 21.1 Å². The Labute approximate surface area is 365 Å². The van der Waals surface area contributed by atoms with Gasteiger partial charge >= 0.3 is 19.8 Å². The van der Waals surface area contributed by atoms with Crippen molar-refractivity contribution < 1.29 is 42.1 Å². The Morgan fingerprint density at radius 1 is 0.458 bits per heavy atom. The van der Waals surface area contributed by atoms with Crippen LogP contribution in [0, 0.1) is 0 Å². The second-order valence-corrected chi connectivity index (χ2v) is 20.0. The molecule has 10 heteroatoms. The number of rotatable bonds is 47. The molecule has 0 aromatic rings. The van der Waals surface area contributed by atoms with E-state index in [1.54, 1.807) is 0 Å². The number of esters is 2. The fourth-order valence-corrected chi connectivity index (χ4v) is 8.17. The number of quaternary nitrogens is 1. The molecule has 2 atom stereocenters. The van der Waals surface area contributed by atoms with Gasteiger partial charge in [0.2, 0.25) is 0 Å². The maximum atomic E-state index is 12.7. The van der Waals surface area contributed by atoms with Crippen molar-refractivity contribution in [3.8, 4) is 0 Å². The molecular weight excluding hydrogens is 762 g/mol. The molecule has 0 aliphatic rings. The van der Waals surface area contributed by atoms with Crippen LogP contribution in [0.25, 0.3) is 0 Å². The molecule has 9 nitrogen and oxygen atoms in total. The van der Waals surface area contributed by atoms with E-state index in [1.165, 1.54) is 186 Å². The number of carbonyl (C=O) groups excluding carboxylic acids is 2. The van der Waals surface area contributed by atoms with E-state index in [2.05, 4.69) is 13.8 Å². The Hall–Kier alpha value is -0.990. The lowest BCUT2D eigenvalue weighted by atomic mass is 10.0. The highest BCUT2D eigenvalue weighted by atomic mass is 31.2. The van der Waals surface area contributed by atoms with Crippen LogP contribution in [0.5, 0.6) is 0 Å². The summed E-state index contributed by atoms with van der Waals surface area (Å²) in [5.41, 5.74) is 0. The van der Waals surface area contributed by atoms with E-state index < -0.39 is 26.5 Å². The van der Waals surface area contributed by atoms with Gasteiger partial charge in [0, 0.05) is 12.8 Å². The molecule has 0 bridgehead atoms. The van der Waals surface area contributed by atoms with Crippen LogP contribution < -0.4 is 0 Å². The molecule has 0 aromatic heterocycles. The number of hydrogen-bond donors (Lipinski definition) is 1. The molecule has 0 spiro atoms. The minimum absolute atomic E-state index is 0.0370. The summed E-state index contributed by atoms with van der Waals surface area (Å²) in [6.45, 7) is 4.47. The molecular formula is C49H99NO8P+. The van der Waals surface area contributed by atoms with Gasteiger partial charge in [-0.05, 0) is 12.8 Å². The number of phosphoric ester groups is 1. The summed E-state index contributed by atoms with van der Waals surface area (Å²) in [5.74, 6) is -0.780. The zero-order valence-corrected chi connectivity index (χ0v) is 40.7. The van der Waals surface area contributed by atoms with E-state index >= 15 is 0 Å². The Balaban J connectivity index is 4.14. The normalized spacial score (nSPS) is 13.4. The molecule has 0 amide bonds. The van der Waals surface area contributed by atoms with Gasteiger partial charge in [-0.1, -0.05) is 226 Å². The smallest absolute Gasteiger partial charge is 0.462 e. The fraction of sp³-hybridized carbons (Fsp3) is 0.959. The summed E-state index contributed by atoms with van der Waals surface area (Å²) in [6, 6.07) is 0. The van der Waals surface area contributed by atoms with Crippen molar-refractivity contribution >= 4 is 19.8 Å². The average molecular weight is 861 g/mol.